The van der Waals surface area contributed by atoms with E-state index in [1.165, 1.54) is 5.52 Å². The summed E-state index contributed by atoms with van der Waals surface area (Å²) in [6, 6.07) is 8.30. The molecule has 2 aromatic heterocycles. The van der Waals surface area contributed by atoms with Gasteiger partial charge in [-0.2, -0.15) is 0 Å². The van der Waals surface area contributed by atoms with Gasteiger partial charge in [-0.15, -0.1) is 0 Å². The number of hydrogen-bond donors (Lipinski definition) is 0. The average Bonchev–Trinajstić information content (AvgIpc) is 2.88. The van der Waals surface area contributed by atoms with Gasteiger partial charge in [-0.25, -0.2) is 4.98 Å². The van der Waals surface area contributed by atoms with E-state index in [1.807, 2.05) is 44.3 Å². The van der Waals surface area contributed by atoms with Crippen LogP contribution in [0.15, 0.2) is 36.9 Å². The van der Waals surface area contributed by atoms with Gasteiger partial charge in [0.1, 0.15) is 0 Å². The number of fused-ring (bicyclic) bond motifs is 3. The molecule has 0 atom stereocenters. The van der Waals surface area contributed by atoms with Gasteiger partial charge < -0.3 is 4.57 Å². The molecule has 0 unspecified atom stereocenters. The van der Waals surface area contributed by atoms with E-state index in [0.29, 0.717) is 0 Å². The molecule has 0 saturated carbocycles. The topological polar surface area (TPSA) is 22.2 Å². The molecule has 0 aliphatic rings. The normalized spacial score (nSPS) is 11.9. The smallest absolute Gasteiger partial charge is 0.215 e. The van der Waals surface area contributed by atoms with Gasteiger partial charge in [-0.3, -0.25) is 4.40 Å². The molecule has 0 fully saturated rings. The summed E-state index contributed by atoms with van der Waals surface area (Å²) < 4.78 is 4.26. The maximum atomic E-state index is 4.68. The Labute approximate surface area is 106 Å². The van der Waals surface area contributed by atoms with Crippen LogP contribution >= 0.6 is 0 Å². The van der Waals surface area contributed by atoms with Crippen LogP contribution in [0.3, 0.4) is 0 Å². The second-order valence-electron chi connectivity index (χ2n) is 4.27. The van der Waals surface area contributed by atoms with Crippen LogP contribution in [-0.4, -0.2) is 14.0 Å². The van der Waals surface area contributed by atoms with Gasteiger partial charge in [0.15, 0.2) is 0 Å². The summed E-state index contributed by atoms with van der Waals surface area (Å²) in [4.78, 5) is 4.68. The van der Waals surface area contributed by atoms with Gasteiger partial charge >= 0.3 is 0 Å². The highest BCUT2D eigenvalue weighted by Gasteiger charge is 2.14. The van der Waals surface area contributed by atoms with Crippen molar-refractivity contribution in [3.8, 4) is 0 Å². The standard InChI is InChI=1S/C15H15N3/c1-4-8-11-12(5-2)18-14-10-7-6-9-13(14)17(3)15(18)16-11/h4-10H,2H2,1,3H3/b8-4-. The number of hydrogen-bond acceptors (Lipinski definition) is 1. The number of nitrogens with zero attached hydrogens (tertiary/aromatic N) is 3. The van der Waals surface area contributed by atoms with Gasteiger partial charge in [0.2, 0.25) is 5.78 Å². The second kappa shape index (κ2) is 3.88. The van der Waals surface area contributed by atoms with Gasteiger partial charge in [-0.05, 0) is 31.2 Å². The minimum absolute atomic E-state index is 0.944. The summed E-state index contributed by atoms with van der Waals surface area (Å²) in [6.45, 7) is 5.90. The van der Waals surface area contributed by atoms with Crippen LogP contribution in [0.5, 0.6) is 0 Å². The highest BCUT2D eigenvalue weighted by molar-refractivity contribution is 5.83. The number of aryl methyl sites for hydroxylation is 1. The quantitative estimate of drug-likeness (QED) is 0.668. The number of benzene rings is 1. The largest absolute Gasteiger partial charge is 0.313 e. The summed E-state index contributed by atoms with van der Waals surface area (Å²) in [5, 5.41) is 0. The summed E-state index contributed by atoms with van der Waals surface area (Å²) in [7, 11) is 2.04. The molecule has 3 nitrogen and oxygen atoms in total. The van der Waals surface area contributed by atoms with E-state index in [-0.39, 0.29) is 0 Å². The third-order valence-electron chi connectivity index (χ3n) is 3.23. The maximum absolute atomic E-state index is 4.68. The van der Waals surface area contributed by atoms with E-state index >= 15 is 0 Å². The van der Waals surface area contributed by atoms with Crippen LogP contribution < -0.4 is 0 Å². The fraction of sp³-hybridized carbons (Fsp3) is 0.133. The molecule has 0 aliphatic carbocycles. The third kappa shape index (κ3) is 1.27. The molecule has 3 rings (SSSR count). The first kappa shape index (κ1) is 10.8. The lowest BCUT2D eigenvalue weighted by Crippen LogP contribution is -1.88. The molecule has 2 heterocycles. The fourth-order valence-electron chi connectivity index (χ4n) is 2.42. The van der Waals surface area contributed by atoms with Crippen molar-refractivity contribution < 1.29 is 0 Å². The molecule has 0 spiro atoms. The lowest BCUT2D eigenvalue weighted by Gasteiger charge is -1.96. The Morgan fingerprint density at radius 2 is 1.94 bits per heavy atom. The average molecular weight is 237 g/mol. The highest BCUT2D eigenvalue weighted by atomic mass is 15.2. The van der Waals surface area contributed by atoms with E-state index < -0.39 is 0 Å². The van der Waals surface area contributed by atoms with Crippen molar-refractivity contribution in [3.05, 3.63) is 48.3 Å². The first-order chi connectivity index (χ1) is 8.77. The Morgan fingerprint density at radius 1 is 1.22 bits per heavy atom. The fourth-order valence-corrected chi connectivity index (χ4v) is 2.42. The zero-order valence-electron chi connectivity index (χ0n) is 10.6. The van der Waals surface area contributed by atoms with Crippen molar-refractivity contribution in [3.63, 3.8) is 0 Å². The summed E-state index contributed by atoms with van der Waals surface area (Å²) in [6.07, 6.45) is 5.87. The lowest BCUT2D eigenvalue weighted by molar-refractivity contribution is 0.968. The van der Waals surface area contributed by atoms with E-state index in [0.717, 1.165) is 22.7 Å². The Kier molecular flexibility index (Phi) is 2.33. The molecule has 3 aromatic rings. The van der Waals surface area contributed by atoms with Crippen LogP contribution in [0.2, 0.25) is 0 Å². The molecular formula is C15H15N3. The summed E-state index contributed by atoms with van der Waals surface area (Å²) in [5.41, 5.74) is 4.34. The second-order valence-corrected chi connectivity index (χ2v) is 4.27. The van der Waals surface area contributed by atoms with Crippen molar-refractivity contribution in [1.29, 1.82) is 0 Å². The molecule has 3 heteroatoms. The van der Waals surface area contributed by atoms with Gasteiger partial charge in [0, 0.05) is 7.05 Å². The highest BCUT2D eigenvalue weighted by Crippen LogP contribution is 2.24. The minimum atomic E-state index is 0.944. The first-order valence-corrected chi connectivity index (χ1v) is 5.99. The zero-order valence-corrected chi connectivity index (χ0v) is 10.6. The van der Waals surface area contributed by atoms with Crippen molar-refractivity contribution in [2.45, 2.75) is 6.92 Å². The van der Waals surface area contributed by atoms with Crippen molar-refractivity contribution >= 4 is 29.0 Å². The Balaban J connectivity index is 2.54. The van der Waals surface area contributed by atoms with Crippen LogP contribution in [0.4, 0.5) is 0 Å². The van der Waals surface area contributed by atoms with Crippen LogP contribution in [-0.2, 0) is 7.05 Å². The molecule has 0 bridgehead atoms. The number of imidazole rings is 2. The van der Waals surface area contributed by atoms with Gasteiger partial charge in [0.25, 0.3) is 0 Å². The van der Waals surface area contributed by atoms with Gasteiger partial charge in [0.05, 0.1) is 22.4 Å². The molecule has 18 heavy (non-hydrogen) atoms. The van der Waals surface area contributed by atoms with Crippen molar-refractivity contribution in [2.75, 3.05) is 0 Å². The molecule has 0 amide bonds. The molecule has 90 valence electrons. The first-order valence-electron chi connectivity index (χ1n) is 5.99. The molecule has 0 radical (unpaired) electrons. The lowest BCUT2D eigenvalue weighted by atomic mass is 10.2. The monoisotopic (exact) mass is 237 g/mol. The minimum Gasteiger partial charge on any atom is -0.313 e. The van der Waals surface area contributed by atoms with Crippen molar-refractivity contribution in [2.24, 2.45) is 7.05 Å². The molecule has 0 N–H and O–H groups in total. The Hall–Kier alpha value is -2.29. The number of para-hydroxylation sites is 2. The molecular weight excluding hydrogens is 222 g/mol. The van der Waals surface area contributed by atoms with Crippen LogP contribution in [0, 0.1) is 0 Å². The van der Waals surface area contributed by atoms with E-state index in [4.69, 9.17) is 0 Å². The van der Waals surface area contributed by atoms with E-state index in [1.54, 1.807) is 0 Å². The SMILES string of the molecule is C=Cc1c(/C=C\C)nc2n(C)c3ccccc3n12. The molecule has 1 aromatic carbocycles. The predicted molar refractivity (Wildman–Crippen MR) is 76.5 cm³/mol. The summed E-state index contributed by atoms with van der Waals surface area (Å²) in [5.74, 6) is 0.944. The Bertz CT molecular complexity index is 772. The van der Waals surface area contributed by atoms with Crippen molar-refractivity contribution in [1.82, 2.24) is 14.0 Å². The Morgan fingerprint density at radius 3 is 2.61 bits per heavy atom. The third-order valence-corrected chi connectivity index (χ3v) is 3.23. The summed E-state index contributed by atoms with van der Waals surface area (Å²) >= 11 is 0. The predicted octanol–water partition coefficient (Wildman–Crippen LogP) is 3.50. The van der Waals surface area contributed by atoms with Gasteiger partial charge in [-0.1, -0.05) is 24.8 Å². The van der Waals surface area contributed by atoms with E-state index in [2.05, 4.69) is 32.7 Å². The van der Waals surface area contributed by atoms with E-state index in [9.17, 15) is 0 Å². The number of aromatic nitrogens is 3. The zero-order chi connectivity index (χ0) is 12.7. The van der Waals surface area contributed by atoms with Crippen LogP contribution in [0.1, 0.15) is 18.3 Å². The molecule has 0 saturated heterocycles. The number of allylic oxidation sites excluding steroid dienone is 1. The maximum Gasteiger partial charge on any atom is 0.215 e. The van der Waals surface area contributed by atoms with Crippen LogP contribution in [0.25, 0.3) is 29.0 Å². The molecule has 0 aliphatic heterocycles. The number of rotatable bonds is 2.